The molecule has 0 aliphatic carbocycles. The van der Waals surface area contributed by atoms with E-state index < -0.39 is 0 Å². The van der Waals surface area contributed by atoms with Crippen molar-refractivity contribution in [2.75, 3.05) is 26.7 Å². The van der Waals surface area contributed by atoms with Crippen LogP contribution in [0.2, 0.25) is 0 Å². The van der Waals surface area contributed by atoms with Gasteiger partial charge < -0.3 is 5.32 Å². The van der Waals surface area contributed by atoms with Crippen molar-refractivity contribution in [1.29, 1.82) is 0 Å². The van der Waals surface area contributed by atoms with Crippen LogP contribution < -0.4 is 5.32 Å². The largest absolute Gasteiger partial charge is 0.316 e. The van der Waals surface area contributed by atoms with Crippen LogP contribution in [0.25, 0.3) is 10.8 Å². The Kier molecular flexibility index (Phi) is 4.57. The molecule has 0 saturated carbocycles. The summed E-state index contributed by atoms with van der Waals surface area (Å²) in [5.41, 5.74) is 1.42. The highest BCUT2D eigenvalue weighted by Gasteiger charge is 2.19. The number of hydrogen-bond donors (Lipinski definition) is 1. The second-order valence-electron chi connectivity index (χ2n) is 6.43. The summed E-state index contributed by atoms with van der Waals surface area (Å²) in [5, 5.41) is 6.19. The van der Waals surface area contributed by atoms with Crippen molar-refractivity contribution in [3.63, 3.8) is 0 Å². The minimum Gasteiger partial charge on any atom is -0.316 e. The minimum atomic E-state index is 0.469. The lowest BCUT2D eigenvalue weighted by molar-refractivity contribution is 0.199. The Morgan fingerprint density at radius 1 is 1.19 bits per heavy atom. The molecule has 3 rings (SSSR count). The molecule has 21 heavy (non-hydrogen) atoms. The number of fused-ring (bicyclic) bond motifs is 1. The molecule has 0 spiro atoms. The van der Waals surface area contributed by atoms with Crippen molar-refractivity contribution in [3.8, 4) is 0 Å². The van der Waals surface area contributed by atoms with E-state index in [9.17, 15) is 0 Å². The SMILES string of the molecule is CC(c1ccc2ccccc2c1)N(C)CC1CCCNC1. The fraction of sp³-hybridized carbons (Fsp3) is 0.474. The molecule has 1 aliphatic rings. The molecule has 2 atom stereocenters. The Labute approximate surface area is 128 Å². The van der Waals surface area contributed by atoms with Gasteiger partial charge in [-0.3, -0.25) is 4.90 Å². The zero-order valence-electron chi connectivity index (χ0n) is 13.2. The maximum atomic E-state index is 3.52. The van der Waals surface area contributed by atoms with Gasteiger partial charge in [-0.05, 0) is 68.2 Å². The van der Waals surface area contributed by atoms with E-state index in [1.165, 1.54) is 48.8 Å². The summed E-state index contributed by atoms with van der Waals surface area (Å²) in [5.74, 6) is 0.798. The van der Waals surface area contributed by atoms with E-state index in [0.29, 0.717) is 6.04 Å². The number of benzene rings is 2. The van der Waals surface area contributed by atoms with Crippen molar-refractivity contribution in [1.82, 2.24) is 10.2 Å². The van der Waals surface area contributed by atoms with Gasteiger partial charge >= 0.3 is 0 Å². The molecule has 112 valence electrons. The molecule has 0 amide bonds. The molecule has 1 N–H and O–H groups in total. The first-order valence-corrected chi connectivity index (χ1v) is 8.13. The van der Waals surface area contributed by atoms with Gasteiger partial charge in [-0.15, -0.1) is 0 Å². The third-order valence-corrected chi connectivity index (χ3v) is 4.86. The molecule has 1 aliphatic heterocycles. The van der Waals surface area contributed by atoms with Gasteiger partial charge in [0.1, 0.15) is 0 Å². The molecule has 2 aromatic rings. The van der Waals surface area contributed by atoms with Gasteiger partial charge in [0, 0.05) is 12.6 Å². The van der Waals surface area contributed by atoms with Gasteiger partial charge in [0.05, 0.1) is 0 Å². The summed E-state index contributed by atoms with van der Waals surface area (Å²) in [7, 11) is 2.26. The van der Waals surface area contributed by atoms with Crippen LogP contribution in [0.5, 0.6) is 0 Å². The molecule has 2 aromatic carbocycles. The normalized spacial score (nSPS) is 20.8. The molecule has 2 heteroatoms. The second-order valence-corrected chi connectivity index (χ2v) is 6.43. The summed E-state index contributed by atoms with van der Waals surface area (Å²) < 4.78 is 0. The molecule has 1 heterocycles. The summed E-state index contributed by atoms with van der Waals surface area (Å²) in [6.45, 7) is 5.87. The molecule has 2 nitrogen and oxygen atoms in total. The molecule has 1 fully saturated rings. The van der Waals surface area contributed by atoms with Crippen LogP contribution in [-0.2, 0) is 0 Å². The van der Waals surface area contributed by atoms with E-state index in [0.717, 1.165) is 5.92 Å². The highest BCUT2D eigenvalue weighted by atomic mass is 15.1. The highest BCUT2D eigenvalue weighted by molar-refractivity contribution is 5.83. The van der Waals surface area contributed by atoms with Crippen molar-refractivity contribution in [3.05, 3.63) is 48.0 Å². The molecule has 2 unspecified atom stereocenters. The topological polar surface area (TPSA) is 15.3 Å². The lowest BCUT2D eigenvalue weighted by atomic mass is 9.97. The van der Waals surface area contributed by atoms with Crippen molar-refractivity contribution >= 4 is 10.8 Å². The summed E-state index contributed by atoms with van der Waals surface area (Å²) in [4.78, 5) is 2.50. The number of rotatable bonds is 4. The van der Waals surface area contributed by atoms with Gasteiger partial charge in [0.15, 0.2) is 0 Å². The standard InChI is InChI=1S/C19H26N2/c1-15(21(2)14-16-6-5-11-20-13-16)18-10-9-17-7-3-4-8-19(17)12-18/h3-4,7-10,12,15-16,20H,5-6,11,13-14H2,1-2H3. The van der Waals surface area contributed by atoms with E-state index in [4.69, 9.17) is 0 Å². The van der Waals surface area contributed by atoms with E-state index in [1.807, 2.05) is 0 Å². The molecule has 0 aromatic heterocycles. The maximum Gasteiger partial charge on any atom is 0.0317 e. The van der Waals surface area contributed by atoms with Crippen molar-refractivity contribution < 1.29 is 0 Å². The first kappa shape index (κ1) is 14.6. The molecule has 0 bridgehead atoms. The molecular weight excluding hydrogens is 256 g/mol. The molecule has 0 radical (unpaired) electrons. The number of hydrogen-bond acceptors (Lipinski definition) is 2. The Hall–Kier alpha value is -1.38. The lowest BCUT2D eigenvalue weighted by Crippen LogP contribution is -2.37. The van der Waals surface area contributed by atoms with Crippen molar-refractivity contribution in [2.24, 2.45) is 5.92 Å². The Balaban J connectivity index is 1.71. The van der Waals surface area contributed by atoms with E-state index in [1.54, 1.807) is 0 Å². The zero-order chi connectivity index (χ0) is 14.7. The van der Waals surface area contributed by atoms with Gasteiger partial charge in [-0.25, -0.2) is 0 Å². The molecular formula is C19H26N2. The van der Waals surface area contributed by atoms with Gasteiger partial charge in [-0.2, -0.15) is 0 Å². The first-order valence-electron chi connectivity index (χ1n) is 8.13. The van der Waals surface area contributed by atoms with E-state index in [-0.39, 0.29) is 0 Å². The smallest absolute Gasteiger partial charge is 0.0317 e. The zero-order valence-corrected chi connectivity index (χ0v) is 13.2. The quantitative estimate of drug-likeness (QED) is 0.917. The fourth-order valence-corrected chi connectivity index (χ4v) is 3.37. The first-order chi connectivity index (χ1) is 10.2. The lowest BCUT2D eigenvalue weighted by Gasteiger charge is -2.31. The fourth-order valence-electron chi connectivity index (χ4n) is 3.37. The third-order valence-electron chi connectivity index (χ3n) is 4.86. The summed E-state index contributed by atoms with van der Waals surface area (Å²) in [6.07, 6.45) is 2.69. The van der Waals surface area contributed by atoms with Crippen LogP contribution in [0.1, 0.15) is 31.4 Å². The number of nitrogens with zero attached hydrogens (tertiary/aromatic N) is 1. The Morgan fingerprint density at radius 3 is 2.76 bits per heavy atom. The average molecular weight is 282 g/mol. The number of piperidine rings is 1. The van der Waals surface area contributed by atoms with E-state index in [2.05, 4.69) is 66.7 Å². The third kappa shape index (κ3) is 3.45. The van der Waals surface area contributed by atoms with E-state index >= 15 is 0 Å². The predicted molar refractivity (Wildman–Crippen MR) is 90.6 cm³/mol. The van der Waals surface area contributed by atoms with Crippen LogP contribution in [0.4, 0.5) is 0 Å². The maximum absolute atomic E-state index is 3.52. The van der Waals surface area contributed by atoms with Crippen LogP contribution in [0.3, 0.4) is 0 Å². The van der Waals surface area contributed by atoms with Crippen LogP contribution in [0, 0.1) is 5.92 Å². The second kappa shape index (κ2) is 6.59. The highest BCUT2D eigenvalue weighted by Crippen LogP contribution is 2.25. The Morgan fingerprint density at radius 2 is 2.00 bits per heavy atom. The summed E-state index contributed by atoms with van der Waals surface area (Å²) in [6, 6.07) is 16.0. The summed E-state index contributed by atoms with van der Waals surface area (Å²) >= 11 is 0. The van der Waals surface area contributed by atoms with Crippen molar-refractivity contribution in [2.45, 2.75) is 25.8 Å². The Bertz CT molecular complexity index is 587. The van der Waals surface area contributed by atoms with Crippen LogP contribution in [0.15, 0.2) is 42.5 Å². The average Bonchev–Trinajstić information content (AvgIpc) is 2.54. The van der Waals surface area contributed by atoms with Gasteiger partial charge in [0.2, 0.25) is 0 Å². The van der Waals surface area contributed by atoms with Gasteiger partial charge in [-0.1, -0.05) is 36.4 Å². The number of nitrogens with one attached hydrogen (secondary N) is 1. The monoisotopic (exact) mass is 282 g/mol. The molecule has 1 saturated heterocycles. The minimum absolute atomic E-state index is 0.469. The van der Waals surface area contributed by atoms with Gasteiger partial charge in [0.25, 0.3) is 0 Å². The van der Waals surface area contributed by atoms with Crippen LogP contribution in [-0.4, -0.2) is 31.6 Å². The predicted octanol–water partition coefficient (Wildman–Crippen LogP) is 3.83. The van der Waals surface area contributed by atoms with Crippen LogP contribution >= 0.6 is 0 Å².